The SMILES string of the molecule is CCN(C(=O)[C@H](C)Nc1ccc2c(c1)Cc1ccccc1-2)[C@H]1CCS(=O)(=O)C1. The summed E-state index contributed by atoms with van der Waals surface area (Å²) in [4.78, 5) is 14.7. The van der Waals surface area contributed by atoms with E-state index in [9.17, 15) is 13.2 Å². The number of rotatable bonds is 5. The minimum Gasteiger partial charge on any atom is -0.374 e. The second kappa shape index (κ2) is 7.24. The highest BCUT2D eigenvalue weighted by Crippen LogP contribution is 2.37. The maximum atomic E-state index is 13.0. The molecule has 28 heavy (non-hydrogen) atoms. The van der Waals surface area contributed by atoms with Crippen LogP contribution in [0.5, 0.6) is 0 Å². The molecule has 2 aromatic rings. The summed E-state index contributed by atoms with van der Waals surface area (Å²) in [5.41, 5.74) is 6.06. The number of benzene rings is 2. The van der Waals surface area contributed by atoms with E-state index >= 15 is 0 Å². The van der Waals surface area contributed by atoms with Gasteiger partial charge in [-0.1, -0.05) is 30.3 Å². The summed E-state index contributed by atoms with van der Waals surface area (Å²) in [7, 11) is -3.02. The zero-order valence-corrected chi connectivity index (χ0v) is 17.1. The highest BCUT2D eigenvalue weighted by Gasteiger charge is 2.35. The molecule has 0 radical (unpaired) electrons. The Morgan fingerprint density at radius 3 is 2.64 bits per heavy atom. The van der Waals surface area contributed by atoms with Crippen molar-refractivity contribution in [2.45, 2.75) is 38.8 Å². The van der Waals surface area contributed by atoms with Crippen molar-refractivity contribution in [2.75, 3.05) is 23.4 Å². The molecule has 1 heterocycles. The molecule has 1 saturated heterocycles. The van der Waals surface area contributed by atoms with Crippen LogP contribution in [0.25, 0.3) is 11.1 Å². The van der Waals surface area contributed by atoms with Gasteiger partial charge in [0.15, 0.2) is 9.84 Å². The lowest BCUT2D eigenvalue weighted by molar-refractivity contribution is -0.133. The number of carbonyl (C=O) groups excluding carboxylic acids is 1. The third-order valence-corrected chi connectivity index (χ3v) is 7.57. The molecule has 2 atom stereocenters. The number of carbonyl (C=O) groups is 1. The lowest BCUT2D eigenvalue weighted by atomic mass is 10.1. The number of nitrogens with zero attached hydrogens (tertiary/aromatic N) is 1. The standard InChI is InChI=1S/C22H26N2O3S/c1-3-24(19-10-11-28(26,27)14-19)22(25)15(2)23-18-8-9-21-17(13-18)12-16-6-4-5-7-20(16)21/h4-9,13,15,19,23H,3,10-12,14H2,1-2H3/t15-,19-/m0/s1. The molecule has 4 rings (SSSR count). The molecule has 6 heteroatoms. The predicted octanol–water partition coefficient (Wildman–Crippen LogP) is 3.09. The van der Waals surface area contributed by atoms with Gasteiger partial charge in [0.1, 0.15) is 6.04 Å². The molecule has 5 nitrogen and oxygen atoms in total. The number of likely N-dealkylation sites (N-methyl/N-ethyl adjacent to an activating group) is 1. The molecule has 2 aliphatic rings. The highest BCUT2D eigenvalue weighted by molar-refractivity contribution is 7.91. The van der Waals surface area contributed by atoms with Crippen molar-refractivity contribution in [1.29, 1.82) is 0 Å². The smallest absolute Gasteiger partial charge is 0.245 e. The van der Waals surface area contributed by atoms with Gasteiger partial charge in [-0.3, -0.25) is 4.79 Å². The first-order valence-electron chi connectivity index (χ1n) is 9.86. The van der Waals surface area contributed by atoms with Crippen LogP contribution < -0.4 is 5.32 Å². The van der Waals surface area contributed by atoms with Gasteiger partial charge in [-0.2, -0.15) is 0 Å². The number of hydrogen-bond donors (Lipinski definition) is 1. The average molecular weight is 399 g/mol. The first-order chi connectivity index (χ1) is 13.4. The third-order valence-electron chi connectivity index (χ3n) is 5.82. The zero-order chi connectivity index (χ0) is 19.9. The molecule has 1 fully saturated rings. The topological polar surface area (TPSA) is 66.5 Å². The summed E-state index contributed by atoms with van der Waals surface area (Å²) in [6.07, 6.45) is 1.44. The molecule has 2 aromatic carbocycles. The van der Waals surface area contributed by atoms with E-state index in [1.807, 2.05) is 19.9 Å². The Kier molecular flexibility index (Phi) is 4.91. The third kappa shape index (κ3) is 3.53. The second-order valence-corrected chi connectivity index (χ2v) is 9.98. The Balaban J connectivity index is 1.47. The Morgan fingerprint density at radius 1 is 1.18 bits per heavy atom. The maximum Gasteiger partial charge on any atom is 0.245 e. The van der Waals surface area contributed by atoms with Crippen molar-refractivity contribution in [1.82, 2.24) is 4.90 Å². The molecule has 148 valence electrons. The van der Waals surface area contributed by atoms with Crippen LogP contribution in [-0.2, 0) is 21.1 Å². The molecular formula is C22H26N2O3S. The van der Waals surface area contributed by atoms with Crippen molar-refractivity contribution < 1.29 is 13.2 Å². The minimum atomic E-state index is -3.02. The zero-order valence-electron chi connectivity index (χ0n) is 16.3. The average Bonchev–Trinajstić information content (AvgIpc) is 3.21. The molecule has 0 spiro atoms. The highest BCUT2D eigenvalue weighted by atomic mass is 32.2. The summed E-state index contributed by atoms with van der Waals surface area (Å²) < 4.78 is 23.6. The van der Waals surface area contributed by atoms with Gasteiger partial charge in [0.25, 0.3) is 0 Å². The summed E-state index contributed by atoms with van der Waals surface area (Å²) in [5.74, 6) is 0.207. The number of anilines is 1. The van der Waals surface area contributed by atoms with Gasteiger partial charge in [-0.15, -0.1) is 0 Å². The van der Waals surface area contributed by atoms with Gasteiger partial charge in [0.2, 0.25) is 5.91 Å². The molecule has 1 N–H and O–H groups in total. The fourth-order valence-corrected chi connectivity index (χ4v) is 6.14. The molecule has 0 saturated carbocycles. The van der Waals surface area contributed by atoms with Crippen molar-refractivity contribution in [3.05, 3.63) is 53.6 Å². The second-order valence-electron chi connectivity index (χ2n) is 7.75. The van der Waals surface area contributed by atoms with Crippen molar-refractivity contribution in [3.8, 4) is 11.1 Å². The number of nitrogens with one attached hydrogen (secondary N) is 1. The van der Waals surface area contributed by atoms with Crippen LogP contribution >= 0.6 is 0 Å². The molecular weight excluding hydrogens is 372 g/mol. The van der Waals surface area contributed by atoms with Gasteiger partial charge in [-0.05, 0) is 61.1 Å². The number of fused-ring (bicyclic) bond motifs is 3. The molecule has 0 aromatic heterocycles. The van der Waals surface area contributed by atoms with E-state index in [2.05, 4.69) is 41.7 Å². The van der Waals surface area contributed by atoms with Gasteiger partial charge >= 0.3 is 0 Å². The van der Waals surface area contributed by atoms with Crippen molar-refractivity contribution in [3.63, 3.8) is 0 Å². The Bertz CT molecular complexity index is 1020. The molecule has 1 amide bonds. The first-order valence-corrected chi connectivity index (χ1v) is 11.7. The lowest BCUT2D eigenvalue weighted by Gasteiger charge is -2.30. The summed E-state index contributed by atoms with van der Waals surface area (Å²) in [5, 5.41) is 3.32. The van der Waals surface area contributed by atoms with E-state index in [0.29, 0.717) is 13.0 Å². The van der Waals surface area contributed by atoms with Gasteiger partial charge in [0, 0.05) is 18.3 Å². The van der Waals surface area contributed by atoms with Gasteiger partial charge in [-0.25, -0.2) is 8.42 Å². The summed E-state index contributed by atoms with van der Waals surface area (Å²) in [6, 6.07) is 14.1. The monoisotopic (exact) mass is 398 g/mol. The van der Waals surface area contributed by atoms with E-state index in [1.165, 1.54) is 22.3 Å². The van der Waals surface area contributed by atoms with Crippen LogP contribution in [0.2, 0.25) is 0 Å². The largest absolute Gasteiger partial charge is 0.374 e. The van der Waals surface area contributed by atoms with Crippen LogP contribution in [0.3, 0.4) is 0 Å². The van der Waals surface area contributed by atoms with Crippen LogP contribution in [0, 0.1) is 0 Å². The van der Waals surface area contributed by atoms with E-state index in [-0.39, 0.29) is 23.5 Å². The minimum absolute atomic E-state index is 0.0478. The van der Waals surface area contributed by atoms with Crippen LogP contribution in [0.15, 0.2) is 42.5 Å². The van der Waals surface area contributed by atoms with Gasteiger partial charge < -0.3 is 10.2 Å². The Labute approximate surface area is 166 Å². The van der Waals surface area contributed by atoms with Crippen LogP contribution in [-0.4, -0.2) is 49.4 Å². The fraction of sp³-hybridized carbons (Fsp3) is 0.409. The Hall–Kier alpha value is -2.34. The van der Waals surface area contributed by atoms with E-state index in [0.717, 1.165) is 12.1 Å². The van der Waals surface area contributed by atoms with Crippen LogP contribution in [0.1, 0.15) is 31.4 Å². The number of hydrogen-bond acceptors (Lipinski definition) is 4. The first kappa shape index (κ1) is 19.0. The van der Waals surface area contributed by atoms with E-state index in [4.69, 9.17) is 0 Å². The Morgan fingerprint density at radius 2 is 1.93 bits per heavy atom. The lowest BCUT2D eigenvalue weighted by Crippen LogP contribution is -2.47. The summed E-state index contributed by atoms with van der Waals surface area (Å²) >= 11 is 0. The predicted molar refractivity (Wildman–Crippen MR) is 112 cm³/mol. The van der Waals surface area contributed by atoms with Crippen molar-refractivity contribution in [2.24, 2.45) is 0 Å². The normalized spacial score (nSPS) is 20.3. The van der Waals surface area contributed by atoms with E-state index in [1.54, 1.807) is 4.90 Å². The molecule has 0 bridgehead atoms. The van der Waals surface area contributed by atoms with Crippen LogP contribution in [0.4, 0.5) is 5.69 Å². The maximum absolute atomic E-state index is 13.0. The van der Waals surface area contributed by atoms with E-state index < -0.39 is 15.9 Å². The van der Waals surface area contributed by atoms with Gasteiger partial charge in [0.05, 0.1) is 11.5 Å². The number of amides is 1. The molecule has 0 unspecified atom stereocenters. The van der Waals surface area contributed by atoms with Crippen molar-refractivity contribution >= 4 is 21.4 Å². The molecule has 1 aliphatic heterocycles. The molecule has 1 aliphatic carbocycles. The quantitative estimate of drug-likeness (QED) is 0.717. The fourth-order valence-electron chi connectivity index (χ4n) is 4.41. The summed E-state index contributed by atoms with van der Waals surface area (Å²) in [6.45, 7) is 4.27. The number of sulfone groups is 1.